The van der Waals surface area contributed by atoms with Crippen molar-refractivity contribution in [2.75, 3.05) is 19.3 Å². The zero-order valence-electron chi connectivity index (χ0n) is 10.5. The first-order valence-electron chi connectivity index (χ1n) is 5.58. The van der Waals surface area contributed by atoms with Crippen LogP contribution in [0.3, 0.4) is 0 Å². The Balaban J connectivity index is 2.22. The maximum atomic E-state index is 10.8. The van der Waals surface area contributed by atoms with E-state index in [1.54, 1.807) is 0 Å². The average molecular weight is 260 g/mol. The van der Waals surface area contributed by atoms with Gasteiger partial charge in [-0.3, -0.25) is 4.68 Å². The number of nitrogens with one attached hydrogen (secondary N) is 2. The van der Waals surface area contributed by atoms with Gasteiger partial charge in [0, 0.05) is 31.9 Å². The lowest BCUT2D eigenvalue weighted by atomic mass is 10.4. The Hall–Kier alpha value is -0.920. The van der Waals surface area contributed by atoms with Gasteiger partial charge in [-0.05, 0) is 19.9 Å². The van der Waals surface area contributed by atoms with E-state index < -0.39 is 10.0 Å². The van der Waals surface area contributed by atoms with Crippen molar-refractivity contribution >= 4 is 10.0 Å². The normalized spacial score (nSPS) is 12.2. The smallest absolute Gasteiger partial charge is 0.208 e. The molecule has 0 atom stereocenters. The molecule has 0 spiro atoms. The molecule has 1 aromatic rings. The van der Waals surface area contributed by atoms with E-state index in [2.05, 4.69) is 29.0 Å². The molecule has 0 amide bonds. The van der Waals surface area contributed by atoms with Crippen LogP contribution in [0.5, 0.6) is 0 Å². The summed E-state index contributed by atoms with van der Waals surface area (Å²) in [6.45, 7) is 5.76. The number of rotatable bonds is 7. The summed E-state index contributed by atoms with van der Waals surface area (Å²) in [7, 11) is -3.09. The summed E-state index contributed by atoms with van der Waals surface area (Å²) in [5, 5.41) is 7.50. The average Bonchev–Trinajstić information content (AvgIpc) is 2.64. The summed E-state index contributed by atoms with van der Waals surface area (Å²) in [4.78, 5) is 0. The highest BCUT2D eigenvalue weighted by molar-refractivity contribution is 7.88. The Morgan fingerprint density at radius 3 is 2.65 bits per heavy atom. The lowest BCUT2D eigenvalue weighted by Crippen LogP contribution is -2.30. The van der Waals surface area contributed by atoms with Crippen molar-refractivity contribution in [3.8, 4) is 0 Å². The van der Waals surface area contributed by atoms with Gasteiger partial charge in [-0.15, -0.1) is 0 Å². The van der Waals surface area contributed by atoms with Crippen LogP contribution in [0.2, 0.25) is 0 Å². The molecule has 6 nitrogen and oxygen atoms in total. The highest BCUT2D eigenvalue weighted by atomic mass is 32.2. The molecule has 98 valence electrons. The fourth-order valence-corrected chi connectivity index (χ4v) is 1.77. The maximum Gasteiger partial charge on any atom is 0.208 e. The number of sulfonamides is 1. The van der Waals surface area contributed by atoms with Gasteiger partial charge < -0.3 is 5.32 Å². The lowest BCUT2D eigenvalue weighted by Gasteiger charge is -2.05. The van der Waals surface area contributed by atoms with E-state index >= 15 is 0 Å². The Morgan fingerprint density at radius 2 is 2.12 bits per heavy atom. The summed E-state index contributed by atoms with van der Waals surface area (Å²) in [6, 6.07) is 2.31. The Bertz CT molecular complexity index is 439. The predicted molar refractivity (Wildman–Crippen MR) is 67.2 cm³/mol. The molecule has 0 aliphatic carbocycles. The second kappa shape index (κ2) is 6.13. The lowest BCUT2D eigenvalue weighted by molar-refractivity contribution is 0.521. The van der Waals surface area contributed by atoms with Gasteiger partial charge in [-0.25, -0.2) is 13.1 Å². The molecular formula is C10H20N4O2S. The van der Waals surface area contributed by atoms with Gasteiger partial charge in [-0.2, -0.15) is 5.10 Å². The number of nitrogens with zero attached hydrogens (tertiary/aromatic N) is 2. The fourth-order valence-electron chi connectivity index (χ4n) is 1.30. The molecule has 0 bridgehead atoms. The minimum absolute atomic E-state index is 0.357. The molecule has 2 N–H and O–H groups in total. The van der Waals surface area contributed by atoms with Crippen LogP contribution < -0.4 is 10.0 Å². The Morgan fingerprint density at radius 1 is 1.41 bits per heavy atom. The molecule has 7 heteroatoms. The van der Waals surface area contributed by atoms with Gasteiger partial charge in [0.25, 0.3) is 0 Å². The second-order valence-corrected chi connectivity index (χ2v) is 6.06. The molecule has 0 saturated carbocycles. The highest BCUT2D eigenvalue weighted by Crippen LogP contribution is 2.03. The molecule has 0 aliphatic rings. The third-order valence-corrected chi connectivity index (χ3v) is 2.89. The van der Waals surface area contributed by atoms with E-state index in [4.69, 9.17) is 0 Å². The van der Waals surface area contributed by atoms with Gasteiger partial charge in [0.15, 0.2) is 0 Å². The van der Waals surface area contributed by atoms with E-state index in [0.717, 1.165) is 11.9 Å². The van der Waals surface area contributed by atoms with Gasteiger partial charge in [0.2, 0.25) is 10.0 Å². The van der Waals surface area contributed by atoms with Gasteiger partial charge in [-0.1, -0.05) is 0 Å². The van der Waals surface area contributed by atoms with Crippen LogP contribution in [0.1, 0.15) is 25.6 Å². The minimum atomic E-state index is -3.09. The van der Waals surface area contributed by atoms with Gasteiger partial charge in [0.05, 0.1) is 11.9 Å². The summed E-state index contributed by atoms with van der Waals surface area (Å²) in [6.07, 6.45) is 3.09. The highest BCUT2D eigenvalue weighted by Gasteiger charge is 2.02. The van der Waals surface area contributed by atoms with E-state index in [-0.39, 0.29) is 0 Å². The standard InChI is InChI=1S/C10H20N4O2S/c1-9(2)14-7-4-10(13-14)8-11-5-6-12-17(3,15)16/h4,7,9,11-12H,5-6,8H2,1-3H3. The van der Waals surface area contributed by atoms with E-state index in [1.165, 1.54) is 0 Å². The summed E-state index contributed by atoms with van der Waals surface area (Å²) in [5.74, 6) is 0. The zero-order valence-corrected chi connectivity index (χ0v) is 11.3. The van der Waals surface area contributed by atoms with Crippen molar-refractivity contribution in [1.29, 1.82) is 0 Å². The monoisotopic (exact) mass is 260 g/mol. The van der Waals surface area contributed by atoms with Crippen LogP contribution in [0.25, 0.3) is 0 Å². The van der Waals surface area contributed by atoms with Crippen LogP contribution in [0.15, 0.2) is 12.3 Å². The molecule has 0 fully saturated rings. The van der Waals surface area contributed by atoms with Crippen LogP contribution in [-0.4, -0.2) is 37.5 Å². The second-order valence-electron chi connectivity index (χ2n) is 4.22. The first-order chi connectivity index (χ1) is 7.88. The van der Waals surface area contributed by atoms with Crippen molar-refractivity contribution in [3.05, 3.63) is 18.0 Å². The molecule has 1 rings (SSSR count). The van der Waals surface area contributed by atoms with Crippen molar-refractivity contribution in [1.82, 2.24) is 19.8 Å². The molecule has 1 aromatic heterocycles. The van der Waals surface area contributed by atoms with Crippen LogP contribution in [0.4, 0.5) is 0 Å². The van der Waals surface area contributed by atoms with E-state index in [0.29, 0.717) is 25.7 Å². The summed E-state index contributed by atoms with van der Waals surface area (Å²) < 4.78 is 25.9. The van der Waals surface area contributed by atoms with Crippen molar-refractivity contribution < 1.29 is 8.42 Å². The first kappa shape index (κ1) is 14.1. The molecular weight excluding hydrogens is 240 g/mol. The van der Waals surface area contributed by atoms with Gasteiger partial charge in [0.1, 0.15) is 0 Å². The number of aromatic nitrogens is 2. The largest absolute Gasteiger partial charge is 0.310 e. The summed E-state index contributed by atoms with van der Waals surface area (Å²) >= 11 is 0. The molecule has 0 unspecified atom stereocenters. The molecule has 0 aromatic carbocycles. The third kappa shape index (κ3) is 5.81. The number of hydrogen-bond donors (Lipinski definition) is 2. The van der Waals surface area contributed by atoms with Crippen molar-refractivity contribution in [2.24, 2.45) is 0 Å². The fraction of sp³-hybridized carbons (Fsp3) is 0.700. The Labute approximate surface area is 102 Å². The zero-order chi connectivity index (χ0) is 12.9. The van der Waals surface area contributed by atoms with Crippen LogP contribution in [0, 0.1) is 0 Å². The molecule has 0 saturated heterocycles. The maximum absolute atomic E-state index is 10.8. The van der Waals surface area contributed by atoms with E-state index in [1.807, 2.05) is 16.9 Å². The van der Waals surface area contributed by atoms with Crippen molar-refractivity contribution in [3.63, 3.8) is 0 Å². The first-order valence-corrected chi connectivity index (χ1v) is 7.47. The summed E-state index contributed by atoms with van der Waals surface area (Å²) in [5.41, 5.74) is 0.957. The van der Waals surface area contributed by atoms with E-state index in [9.17, 15) is 8.42 Å². The van der Waals surface area contributed by atoms with Crippen LogP contribution in [-0.2, 0) is 16.6 Å². The molecule has 17 heavy (non-hydrogen) atoms. The Kier molecular flexibility index (Phi) is 5.10. The van der Waals surface area contributed by atoms with Crippen molar-refractivity contribution in [2.45, 2.75) is 26.4 Å². The van der Waals surface area contributed by atoms with Crippen LogP contribution >= 0.6 is 0 Å². The quantitative estimate of drug-likeness (QED) is 0.682. The molecule has 1 heterocycles. The van der Waals surface area contributed by atoms with Gasteiger partial charge >= 0.3 is 0 Å². The topological polar surface area (TPSA) is 76.0 Å². The molecule has 0 radical (unpaired) electrons. The minimum Gasteiger partial charge on any atom is -0.310 e. The number of hydrogen-bond acceptors (Lipinski definition) is 4. The predicted octanol–water partition coefficient (Wildman–Crippen LogP) is 0.103. The third-order valence-electron chi connectivity index (χ3n) is 2.16. The SMILES string of the molecule is CC(C)n1ccc(CNCCNS(C)(=O)=O)n1. The molecule has 0 aliphatic heterocycles.